The quantitative estimate of drug-likeness (QED) is 0.674. The zero-order valence-electron chi connectivity index (χ0n) is 15.1. The molecule has 0 atom stereocenters. The highest BCUT2D eigenvalue weighted by Gasteiger charge is 2.26. The molecule has 0 amide bonds. The first-order chi connectivity index (χ1) is 13.5. The van der Waals surface area contributed by atoms with Gasteiger partial charge in [0.25, 0.3) is 16.4 Å². The number of benzene rings is 2. The number of rotatable bonds is 5. The van der Waals surface area contributed by atoms with E-state index in [0.29, 0.717) is 5.69 Å². The summed E-state index contributed by atoms with van der Waals surface area (Å²) in [6.07, 6.45) is 0.0173. The van der Waals surface area contributed by atoms with E-state index < -0.39 is 16.4 Å². The Morgan fingerprint density at radius 3 is 2.43 bits per heavy atom. The van der Waals surface area contributed by atoms with E-state index in [4.69, 9.17) is 0 Å². The van der Waals surface area contributed by atoms with Crippen molar-refractivity contribution >= 4 is 26.6 Å². The third-order valence-electron chi connectivity index (χ3n) is 5.06. The monoisotopic (exact) mass is 405 g/mol. The van der Waals surface area contributed by atoms with Gasteiger partial charge in [-0.3, -0.25) is 0 Å². The van der Waals surface area contributed by atoms with Crippen LogP contribution < -0.4 is 10.6 Å². The van der Waals surface area contributed by atoms with Gasteiger partial charge in [0, 0.05) is 28.9 Å². The van der Waals surface area contributed by atoms with Crippen LogP contribution in [0, 0.1) is 0 Å². The van der Waals surface area contributed by atoms with Gasteiger partial charge in [-0.1, -0.05) is 24.3 Å². The number of anilines is 1. The van der Waals surface area contributed by atoms with E-state index in [9.17, 15) is 17.2 Å². The molecule has 0 aliphatic carbocycles. The molecule has 2 heterocycles. The fourth-order valence-electron chi connectivity index (χ4n) is 3.66. The highest BCUT2D eigenvalue weighted by atomic mass is 32.2. The number of piperidine rings is 1. The molecule has 1 aliphatic heterocycles. The van der Waals surface area contributed by atoms with Crippen LogP contribution >= 0.6 is 0 Å². The maximum atomic E-state index is 13.8. The van der Waals surface area contributed by atoms with Crippen LogP contribution in [0.3, 0.4) is 0 Å². The van der Waals surface area contributed by atoms with Gasteiger partial charge in [-0.2, -0.15) is 0 Å². The normalized spacial score (nSPS) is 16.0. The Labute approximate surface area is 162 Å². The van der Waals surface area contributed by atoms with Gasteiger partial charge >= 0.3 is 0 Å². The minimum Gasteiger partial charge on any atom is -0.382 e. The van der Waals surface area contributed by atoms with Crippen molar-refractivity contribution in [2.75, 3.05) is 18.4 Å². The van der Waals surface area contributed by atoms with Crippen molar-refractivity contribution in [2.45, 2.75) is 30.2 Å². The Hall–Kier alpha value is -2.45. The van der Waals surface area contributed by atoms with Gasteiger partial charge in [0.2, 0.25) is 0 Å². The van der Waals surface area contributed by atoms with E-state index in [1.165, 1.54) is 12.1 Å². The zero-order chi connectivity index (χ0) is 19.7. The van der Waals surface area contributed by atoms with Crippen LogP contribution in [0.2, 0.25) is 0 Å². The summed E-state index contributed by atoms with van der Waals surface area (Å²) in [5.41, 5.74) is 0.506. The van der Waals surface area contributed by atoms with E-state index in [0.717, 1.165) is 36.1 Å². The highest BCUT2D eigenvalue weighted by Crippen LogP contribution is 2.37. The first kappa shape index (κ1) is 18.9. The highest BCUT2D eigenvalue weighted by molar-refractivity contribution is 7.90. The molecule has 1 aliphatic rings. The average molecular weight is 405 g/mol. The van der Waals surface area contributed by atoms with Gasteiger partial charge in [-0.15, -0.1) is 0 Å². The fourth-order valence-corrected chi connectivity index (χ4v) is 5.06. The van der Waals surface area contributed by atoms with Crippen molar-refractivity contribution in [3.05, 3.63) is 60.3 Å². The molecule has 2 aromatic carbocycles. The lowest BCUT2D eigenvalue weighted by atomic mass is 10.0. The Balaban J connectivity index is 1.86. The summed E-state index contributed by atoms with van der Waals surface area (Å²) in [7, 11) is -3.98. The molecule has 1 fully saturated rings. The minimum absolute atomic E-state index is 0.0597. The van der Waals surface area contributed by atoms with Crippen LogP contribution in [0.15, 0.2) is 59.6 Å². The summed E-state index contributed by atoms with van der Waals surface area (Å²) < 4.78 is 54.7. The molecule has 1 saturated heterocycles. The average Bonchev–Trinajstić information content (AvgIpc) is 3.11. The van der Waals surface area contributed by atoms with Crippen molar-refractivity contribution in [1.29, 1.82) is 0 Å². The van der Waals surface area contributed by atoms with Crippen LogP contribution in [0.4, 0.5) is 14.5 Å². The largest absolute Gasteiger partial charge is 0.382 e. The summed E-state index contributed by atoms with van der Waals surface area (Å²) in [5, 5.41) is 6.87. The van der Waals surface area contributed by atoms with E-state index in [1.807, 2.05) is 0 Å². The third-order valence-corrected chi connectivity index (χ3v) is 6.75. The topological polar surface area (TPSA) is 63.1 Å². The molecule has 3 aromatic rings. The van der Waals surface area contributed by atoms with Crippen molar-refractivity contribution < 1.29 is 17.2 Å². The summed E-state index contributed by atoms with van der Waals surface area (Å²) in [4.78, 5) is 0.0597. The summed E-state index contributed by atoms with van der Waals surface area (Å²) >= 11 is 0. The number of fused-ring (bicyclic) bond motifs is 1. The van der Waals surface area contributed by atoms with E-state index >= 15 is 0 Å². The number of nitrogens with one attached hydrogen (secondary N) is 2. The Morgan fingerprint density at radius 2 is 1.75 bits per heavy atom. The number of hydrogen-bond donors (Lipinski definition) is 2. The van der Waals surface area contributed by atoms with Gasteiger partial charge in [0.05, 0.1) is 10.4 Å². The lowest BCUT2D eigenvalue weighted by molar-refractivity contribution is 0.153. The van der Waals surface area contributed by atoms with Gasteiger partial charge in [-0.25, -0.2) is 21.2 Å². The minimum atomic E-state index is -3.98. The van der Waals surface area contributed by atoms with Crippen LogP contribution in [-0.2, 0) is 10.0 Å². The Morgan fingerprint density at radius 1 is 1.04 bits per heavy atom. The molecule has 1 aromatic heterocycles. The van der Waals surface area contributed by atoms with E-state index in [1.54, 1.807) is 36.4 Å². The number of hydrogen-bond acceptors (Lipinski definition) is 4. The van der Waals surface area contributed by atoms with Gasteiger partial charge in [-0.05, 0) is 50.2 Å². The third kappa shape index (κ3) is 3.38. The molecule has 8 heteroatoms. The maximum Gasteiger partial charge on any atom is 0.268 e. The van der Waals surface area contributed by atoms with E-state index in [2.05, 4.69) is 10.6 Å². The molecule has 0 bridgehead atoms. The number of halogens is 2. The van der Waals surface area contributed by atoms with Crippen LogP contribution in [0.1, 0.15) is 24.8 Å². The lowest BCUT2D eigenvalue weighted by Crippen LogP contribution is -2.35. The molecule has 0 radical (unpaired) electrons. The SMILES string of the molecule is O=S(=O)(c1ccccc1)n1cc(C(F)F)c2c(NC3CCNCC3)cccc21. The number of aromatic nitrogens is 1. The molecule has 4 rings (SSSR count). The number of nitrogens with zero attached hydrogens (tertiary/aromatic N) is 1. The van der Waals surface area contributed by atoms with Crippen molar-refractivity contribution in [3.63, 3.8) is 0 Å². The molecule has 5 nitrogen and oxygen atoms in total. The van der Waals surface area contributed by atoms with Crippen molar-refractivity contribution in [3.8, 4) is 0 Å². The molecule has 28 heavy (non-hydrogen) atoms. The van der Waals surface area contributed by atoms with Gasteiger partial charge < -0.3 is 10.6 Å². The molecule has 0 spiro atoms. The van der Waals surface area contributed by atoms with Crippen LogP contribution in [-0.4, -0.2) is 31.5 Å². The summed E-state index contributed by atoms with van der Waals surface area (Å²) in [5.74, 6) is 0. The van der Waals surface area contributed by atoms with Gasteiger partial charge in [0.1, 0.15) is 0 Å². The van der Waals surface area contributed by atoms with Crippen molar-refractivity contribution in [1.82, 2.24) is 9.29 Å². The van der Waals surface area contributed by atoms with Gasteiger partial charge in [0.15, 0.2) is 0 Å². The first-order valence-electron chi connectivity index (χ1n) is 9.18. The second kappa shape index (κ2) is 7.52. The van der Waals surface area contributed by atoms with Crippen molar-refractivity contribution in [2.24, 2.45) is 0 Å². The molecule has 0 unspecified atom stereocenters. The molecule has 2 N–H and O–H groups in total. The second-order valence-corrected chi connectivity index (χ2v) is 8.68. The summed E-state index contributed by atoms with van der Waals surface area (Å²) in [6, 6.07) is 13.0. The summed E-state index contributed by atoms with van der Waals surface area (Å²) in [6.45, 7) is 1.72. The Kier molecular flexibility index (Phi) is 5.07. The predicted octanol–water partition coefficient (Wildman–Crippen LogP) is 3.98. The first-order valence-corrected chi connectivity index (χ1v) is 10.6. The maximum absolute atomic E-state index is 13.8. The lowest BCUT2D eigenvalue weighted by Gasteiger charge is -2.25. The smallest absolute Gasteiger partial charge is 0.268 e. The molecular weight excluding hydrogens is 384 g/mol. The zero-order valence-corrected chi connectivity index (χ0v) is 15.9. The fraction of sp³-hybridized carbons (Fsp3) is 0.300. The molecule has 0 saturated carbocycles. The second-order valence-electron chi connectivity index (χ2n) is 6.87. The number of alkyl halides is 2. The molecular formula is C20H21F2N3O2S. The van der Waals surface area contributed by atoms with E-state index in [-0.39, 0.29) is 27.4 Å². The molecule has 148 valence electrons. The standard InChI is InChI=1S/C20H21F2N3O2S/c21-20(22)16-13-25(28(26,27)15-5-2-1-3-6-15)18-8-4-7-17(19(16)18)24-14-9-11-23-12-10-14/h1-8,13-14,20,23-24H,9-12H2. The van der Waals surface area contributed by atoms with Crippen LogP contribution in [0.5, 0.6) is 0 Å². The Bertz CT molecular complexity index is 1080. The van der Waals surface area contributed by atoms with Crippen LogP contribution in [0.25, 0.3) is 10.9 Å². The predicted molar refractivity (Wildman–Crippen MR) is 105 cm³/mol.